The highest BCUT2D eigenvalue weighted by Crippen LogP contribution is 2.31. The summed E-state index contributed by atoms with van der Waals surface area (Å²) in [6.45, 7) is 6.57. The van der Waals surface area contributed by atoms with Gasteiger partial charge in [0, 0.05) is 23.3 Å². The second-order valence-electron chi connectivity index (χ2n) is 5.23. The first-order chi connectivity index (χ1) is 10.0. The number of aryl methyl sites for hydroxylation is 3. The third-order valence-electron chi connectivity index (χ3n) is 3.29. The predicted octanol–water partition coefficient (Wildman–Crippen LogP) is 4.56. The van der Waals surface area contributed by atoms with Crippen LogP contribution in [0.2, 0.25) is 5.02 Å². The lowest BCUT2D eigenvalue weighted by atomic mass is 10.1. The molecule has 0 aliphatic carbocycles. The Morgan fingerprint density at radius 1 is 1.14 bits per heavy atom. The Balaban J connectivity index is 2.37. The van der Waals surface area contributed by atoms with Crippen LogP contribution in [0.1, 0.15) is 35.7 Å². The SMILES string of the molecule is CCCc1cc(CN)cc(Oc2c(C)cc(Cl)cc2C)n1. The summed E-state index contributed by atoms with van der Waals surface area (Å²) in [7, 11) is 0. The van der Waals surface area contributed by atoms with Crippen molar-refractivity contribution in [2.75, 3.05) is 0 Å². The summed E-state index contributed by atoms with van der Waals surface area (Å²) >= 11 is 6.05. The van der Waals surface area contributed by atoms with Crippen molar-refractivity contribution in [2.45, 2.75) is 40.2 Å². The summed E-state index contributed by atoms with van der Waals surface area (Å²) in [5, 5.41) is 0.715. The normalized spacial score (nSPS) is 10.7. The number of aromatic nitrogens is 1. The summed E-state index contributed by atoms with van der Waals surface area (Å²) in [5.41, 5.74) is 9.80. The maximum absolute atomic E-state index is 6.05. The lowest BCUT2D eigenvalue weighted by Crippen LogP contribution is -2.02. The highest BCUT2D eigenvalue weighted by Gasteiger charge is 2.10. The average Bonchev–Trinajstić information content (AvgIpc) is 2.43. The second kappa shape index (κ2) is 6.92. The van der Waals surface area contributed by atoms with Gasteiger partial charge in [-0.1, -0.05) is 24.9 Å². The molecule has 0 saturated carbocycles. The van der Waals surface area contributed by atoms with Crippen LogP contribution in [-0.4, -0.2) is 4.98 Å². The van der Waals surface area contributed by atoms with Crippen LogP contribution < -0.4 is 10.5 Å². The van der Waals surface area contributed by atoms with Gasteiger partial charge in [0.05, 0.1) is 0 Å². The zero-order chi connectivity index (χ0) is 15.4. The van der Waals surface area contributed by atoms with E-state index in [1.54, 1.807) is 0 Å². The Morgan fingerprint density at radius 2 is 1.81 bits per heavy atom. The van der Waals surface area contributed by atoms with Gasteiger partial charge in [-0.05, 0) is 55.2 Å². The highest BCUT2D eigenvalue weighted by molar-refractivity contribution is 6.30. The molecule has 2 aromatic rings. The van der Waals surface area contributed by atoms with Crippen LogP contribution in [0.3, 0.4) is 0 Å². The van der Waals surface area contributed by atoms with Crippen LogP contribution in [0.4, 0.5) is 0 Å². The Bertz CT molecular complexity index is 618. The van der Waals surface area contributed by atoms with Gasteiger partial charge in [-0.25, -0.2) is 4.98 Å². The minimum absolute atomic E-state index is 0.480. The molecule has 4 heteroatoms. The quantitative estimate of drug-likeness (QED) is 0.881. The molecule has 1 aromatic heterocycles. The molecule has 0 aliphatic heterocycles. The number of hydrogen-bond donors (Lipinski definition) is 1. The Morgan fingerprint density at radius 3 is 2.38 bits per heavy atom. The molecule has 0 spiro atoms. The number of halogens is 1. The molecule has 21 heavy (non-hydrogen) atoms. The van der Waals surface area contributed by atoms with E-state index in [-0.39, 0.29) is 0 Å². The van der Waals surface area contributed by atoms with Gasteiger partial charge in [0.1, 0.15) is 5.75 Å². The molecule has 2 N–H and O–H groups in total. The van der Waals surface area contributed by atoms with Gasteiger partial charge in [0.25, 0.3) is 0 Å². The Hall–Kier alpha value is -1.58. The van der Waals surface area contributed by atoms with Crippen molar-refractivity contribution in [2.24, 2.45) is 5.73 Å². The van der Waals surface area contributed by atoms with Crippen molar-refractivity contribution in [3.05, 3.63) is 51.7 Å². The fraction of sp³-hybridized carbons (Fsp3) is 0.353. The molecule has 0 aliphatic rings. The first-order valence-corrected chi connectivity index (χ1v) is 7.55. The number of rotatable bonds is 5. The first-order valence-electron chi connectivity index (χ1n) is 7.18. The van der Waals surface area contributed by atoms with Gasteiger partial charge in [0.15, 0.2) is 0 Å². The molecule has 0 fully saturated rings. The summed E-state index contributed by atoms with van der Waals surface area (Å²) in [5.74, 6) is 1.40. The van der Waals surface area contributed by atoms with E-state index in [2.05, 4.69) is 11.9 Å². The van der Waals surface area contributed by atoms with Crippen molar-refractivity contribution in [1.29, 1.82) is 0 Å². The molecule has 2 rings (SSSR count). The first kappa shape index (κ1) is 15.8. The lowest BCUT2D eigenvalue weighted by Gasteiger charge is -2.13. The summed E-state index contributed by atoms with van der Waals surface area (Å²) in [6.07, 6.45) is 1.96. The topological polar surface area (TPSA) is 48.1 Å². The molecular formula is C17H21ClN2O. The van der Waals surface area contributed by atoms with E-state index in [0.717, 1.165) is 41.0 Å². The number of nitrogens with zero attached hydrogens (tertiary/aromatic N) is 1. The third kappa shape index (κ3) is 3.96. The van der Waals surface area contributed by atoms with E-state index in [1.807, 2.05) is 38.1 Å². The van der Waals surface area contributed by atoms with E-state index in [1.165, 1.54) is 0 Å². The predicted molar refractivity (Wildman–Crippen MR) is 87.1 cm³/mol. The van der Waals surface area contributed by atoms with Gasteiger partial charge in [0.2, 0.25) is 5.88 Å². The maximum atomic E-state index is 6.05. The molecule has 0 saturated heterocycles. The molecule has 0 unspecified atom stereocenters. The Kier molecular flexibility index (Phi) is 5.21. The molecule has 0 atom stereocenters. The van der Waals surface area contributed by atoms with E-state index < -0.39 is 0 Å². The van der Waals surface area contributed by atoms with Gasteiger partial charge in [-0.2, -0.15) is 0 Å². The van der Waals surface area contributed by atoms with Gasteiger partial charge in [-0.15, -0.1) is 0 Å². The van der Waals surface area contributed by atoms with Crippen LogP contribution in [0.5, 0.6) is 11.6 Å². The van der Waals surface area contributed by atoms with Gasteiger partial charge >= 0.3 is 0 Å². The van der Waals surface area contributed by atoms with E-state index in [9.17, 15) is 0 Å². The highest BCUT2D eigenvalue weighted by atomic mass is 35.5. The molecule has 1 heterocycles. The molecule has 112 valence electrons. The maximum Gasteiger partial charge on any atom is 0.219 e. The van der Waals surface area contributed by atoms with Crippen molar-refractivity contribution in [1.82, 2.24) is 4.98 Å². The average molecular weight is 305 g/mol. The van der Waals surface area contributed by atoms with Crippen LogP contribution in [0.15, 0.2) is 24.3 Å². The molecule has 0 bridgehead atoms. The summed E-state index contributed by atoms with van der Waals surface area (Å²) in [6, 6.07) is 7.72. The van der Waals surface area contributed by atoms with Crippen LogP contribution in [0.25, 0.3) is 0 Å². The van der Waals surface area contributed by atoms with Crippen molar-refractivity contribution < 1.29 is 4.74 Å². The van der Waals surface area contributed by atoms with Crippen LogP contribution in [0, 0.1) is 13.8 Å². The van der Waals surface area contributed by atoms with E-state index in [4.69, 9.17) is 22.1 Å². The largest absolute Gasteiger partial charge is 0.438 e. The van der Waals surface area contributed by atoms with Crippen molar-refractivity contribution in [3.63, 3.8) is 0 Å². The number of benzene rings is 1. The lowest BCUT2D eigenvalue weighted by molar-refractivity contribution is 0.453. The summed E-state index contributed by atoms with van der Waals surface area (Å²) in [4.78, 5) is 4.56. The fourth-order valence-electron chi connectivity index (χ4n) is 2.34. The summed E-state index contributed by atoms with van der Waals surface area (Å²) < 4.78 is 6.00. The molecular weight excluding hydrogens is 284 g/mol. The van der Waals surface area contributed by atoms with Crippen molar-refractivity contribution in [3.8, 4) is 11.6 Å². The number of nitrogens with two attached hydrogens (primary N) is 1. The molecule has 3 nitrogen and oxygen atoms in total. The zero-order valence-electron chi connectivity index (χ0n) is 12.7. The fourth-order valence-corrected chi connectivity index (χ4v) is 2.67. The van der Waals surface area contributed by atoms with Gasteiger partial charge < -0.3 is 10.5 Å². The minimum atomic E-state index is 0.480. The smallest absolute Gasteiger partial charge is 0.219 e. The minimum Gasteiger partial charge on any atom is -0.438 e. The number of hydrogen-bond acceptors (Lipinski definition) is 3. The molecule has 0 amide bonds. The Labute approximate surface area is 131 Å². The van der Waals surface area contributed by atoms with E-state index in [0.29, 0.717) is 17.4 Å². The molecule has 1 aromatic carbocycles. The second-order valence-corrected chi connectivity index (χ2v) is 5.67. The van der Waals surface area contributed by atoms with E-state index >= 15 is 0 Å². The zero-order valence-corrected chi connectivity index (χ0v) is 13.5. The molecule has 0 radical (unpaired) electrons. The third-order valence-corrected chi connectivity index (χ3v) is 3.51. The van der Waals surface area contributed by atoms with Crippen LogP contribution >= 0.6 is 11.6 Å². The standard InChI is InChI=1S/C17H21ClN2O/c1-4-5-15-8-13(10-19)9-16(20-15)21-17-11(2)6-14(18)7-12(17)3/h6-9H,4-5,10,19H2,1-3H3. The van der Waals surface area contributed by atoms with Crippen molar-refractivity contribution >= 4 is 11.6 Å². The monoisotopic (exact) mass is 304 g/mol. The number of ether oxygens (including phenoxy) is 1. The number of pyridine rings is 1. The van der Waals surface area contributed by atoms with Gasteiger partial charge in [-0.3, -0.25) is 0 Å². The van der Waals surface area contributed by atoms with Crippen LogP contribution in [-0.2, 0) is 13.0 Å².